The van der Waals surface area contributed by atoms with Gasteiger partial charge in [0.15, 0.2) is 0 Å². The third-order valence-electron chi connectivity index (χ3n) is 4.03. The average molecular weight is 290 g/mol. The van der Waals surface area contributed by atoms with Crippen LogP contribution in [0.4, 0.5) is 5.69 Å². The van der Waals surface area contributed by atoms with E-state index in [1.807, 2.05) is 18.2 Å². The van der Waals surface area contributed by atoms with Crippen molar-refractivity contribution in [2.24, 2.45) is 17.6 Å². The Kier molecular flexibility index (Phi) is 8.06. The maximum atomic E-state index is 12.2. The van der Waals surface area contributed by atoms with Gasteiger partial charge in [-0.3, -0.25) is 4.79 Å². The quantitative estimate of drug-likeness (QED) is 0.723. The van der Waals surface area contributed by atoms with E-state index in [-0.39, 0.29) is 5.91 Å². The minimum Gasteiger partial charge on any atom is -0.330 e. The summed E-state index contributed by atoms with van der Waals surface area (Å²) in [5, 5.41) is 3.06. The molecule has 0 saturated heterocycles. The summed E-state index contributed by atoms with van der Waals surface area (Å²) in [6, 6.07) is 8.07. The van der Waals surface area contributed by atoms with Gasteiger partial charge in [-0.1, -0.05) is 45.4 Å². The first-order valence-electron chi connectivity index (χ1n) is 8.16. The highest BCUT2D eigenvalue weighted by Gasteiger charge is 2.15. The molecule has 0 aliphatic heterocycles. The number of hydrogen-bond acceptors (Lipinski definition) is 2. The van der Waals surface area contributed by atoms with Gasteiger partial charge in [-0.2, -0.15) is 0 Å². The van der Waals surface area contributed by atoms with Gasteiger partial charge >= 0.3 is 0 Å². The van der Waals surface area contributed by atoms with Gasteiger partial charge in [0.2, 0.25) is 5.91 Å². The van der Waals surface area contributed by atoms with Gasteiger partial charge in [0.05, 0.1) is 0 Å². The summed E-state index contributed by atoms with van der Waals surface area (Å²) in [6.45, 7) is 7.26. The number of anilines is 1. The molecule has 3 heteroatoms. The van der Waals surface area contributed by atoms with Crippen LogP contribution in [0.25, 0.3) is 0 Å². The molecule has 118 valence electrons. The number of hydrogen-bond donors (Lipinski definition) is 2. The molecule has 21 heavy (non-hydrogen) atoms. The van der Waals surface area contributed by atoms with Crippen LogP contribution in [0.1, 0.15) is 52.0 Å². The summed E-state index contributed by atoms with van der Waals surface area (Å²) in [6.07, 6.45) is 4.56. The molecule has 1 unspecified atom stereocenters. The van der Waals surface area contributed by atoms with Crippen LogP contribution >= 0.6 is 0 Å². The van der Waals surface area contributed by atoms with Crippen molar-refractivity contribution in [3.8, 4) is 0 Å². The van der Waals surface area contributed by atoms with E-state index in [0.717, 1.165) is 31.4 Å². The molecular formula is C18H30N2O. The van der Waals surface area contributed by atoms with Crippen LogP contribution in [-0.4, -0.2) is 12.5 Å². The molecule has 0 heterocycles. The zero-order valence-corrected chi connectivity index (χ0v) is 13.7. The molecule has 0 aromatic heterocycles. The second-order valence-corrected chi connectivity index (χ2v) is 6.08. The Hall–Kier alpha value is -1.35. The summed E-state index contributed by atoms with van der Waals surface area (Å²) >= 11 is 0. The number of carbonyl (C=O) groups excluding carboxylic acids is 1. The predicted molar refractivity (Wildman–Crippen MR) is 90.3 cm³/mol. The molecule has 1 rings (SSSR count). The van der Waals surface area contributed by atoms with Gasteiger partial charge in [0.1, 0.15) is 0 Å². The number of aryl methyl sites for hydroxylation is 1. The summed E-state index contributed by atoms with van der Waals surface area (Å²) in [7, 11) is 0. The molecule has 0 radical (unpaired) electrons. The Morgan fingerprint density at radius 1 is 1.24 bits per heavy atom. The van der Waals surface area contributed by atoms with Crippen molar-refractivity contribution in [1.82, 2.24) is 0 Å². The lowest BCUT2D eigenvalue weighted by atomic mass is 9.88. The smallest absolute Gasteiger partial charge is 0.224 e. The van der Waals surface area contributed by atoms with Crippen molar-refractivity contribution in [2.45, 2.75) is 52.9 Å². The van der Waals surface area contributed by atoms with Crippen molar-refractivity contribution in [2.75, 3.05) is 11.9 Å². The van der Waals surface area contributed by atoms with Gasteiger partial charge in [0, 0.05) is 12.1 Å². The zero-order valence-electron chi connectivity index (χ0n) is 13.7. The van der Waals surface area contributed by atoms with Crippen LogP contribution in [0, 0.1) is 11.8 Å². The fourth-order valence-electron chi connectivity index (χ4n) is 2.68. The fraction of sp³-hybridized carbons (Fsp3) is 0.611. The zero-order chi connectivity index (χ0) is 15.7. The predicted octanol–water partition coefficient (Wildman–Crippen LogP) is 3.98. The van der Waals surface area contributed by atoms with Gasteiger partial charge in [-0.05, 0) is 49.3 Å². The van der Waals surface area contributed by atoms with Gasteiger partial charge in [-0.15, -0.1) is 0 Å². The topological polar surface area (TPSA) is 55.1 Å². The molecule has 1 aromatic carbocycles. The van der Waals surface area contributed by atoms with E-state index >= 15 is 0 Å². The van der Waals surface area contributed by atoms with Crippen LogP contribution in [-0.2, 0) is 11.2 Å². The van der Waals surface area contributed by atoms with Crippen molar-refractivity contribution < 1.29 is 4.79 Å². The maximum Gasteiger partial charge on any atom is 0.224 e. The third kappa shape index (κ3) is 6.30. The minimum absolute atomic E-state index is 0.112. The van der Waals surface area contributed by atoms with Crippen molar-refractivity contribution in [1.29, 1.82) is 0 Å². The molecule has 1 aromatic rings. The fourth-order valence-corrected chi connectivity index (χ4v) is 2.68. The van der Waals surface area contributed by atoms with Crippen LogP contribution in [0.15, 0.2) is 24.3 Å². The first-order valence-corrected chi connectivity index (χ1v) is 8.16. The lowest BCUT2D eigenvalue weighted by Gasteiger charge is -2.20. The van der Waals surface area contributed by atoms with Gasteiger partial charge in [0.25, 0.3) is 0 Å². The monoisotopic (exact) mass is 290 g/mol. The minimum atomic E-state index is 0.112. The number of para-hydroxylation sites is 1. The number of benzene rings is 1. The van der Waals surface area contributed by atoms with E-state index in [2.05, 4.69) is 32.2 Å². The first-order chi connectivity index (χ1) is 10.1. The van der Waals surface area contributed by atoms with E-state index in [0.29, 0.717) is 24.8 Å². The van der Waals surface area contributed by atoms with Crippen molar-refractivity contribution in [3.05, 3.63) is 29.8 Å². The van der Waals surface area contributed by atoms with E-state index in [9.17, 15) is 4.79 Å². The van der Waals surface area contributed by atoms with Crippen LogP contribution in [0.2, 0.25) is 0 Å². The van der Waals surface area contributed by atoms with E-state index in [4.69, 9.17) is 5.73 Å². The highest BCUT2D eigenvalue weighted by molar-refractivity contribution is 5.91. The molecule has 0 aliphatic rings. The molecule has 3 nitrogen and oxygen atoms in total. The first kappa shape index (κ1) is 17.7. The number of nitrogens with one attached hydrogen (secondary N) is 1. The maximum absolute atomic E-state index is 12.2. The Balaban J connectivity index is 2.53. The standard InChI is InChI=1S/C18H30N2O/c1-4-7-16-8-5-6-9-17(16)20-18(21)11-10-15(12-13-19)14(2)3/h5-6,8-9,14-15H,4,7,10-13,19H2,1-3H3,(H,20,21). The lowest BCUT2D eigenvalue weighted by molar-refractivity contribution is -0.116. The van der Waals surface area contributed by atoms with Gasteiger partial charge in [-0.25, -0.2) is 0 Å². The number of carbonyl (C=O) groups is 1. The Morgan fingerprint density at radius 2 is 1.95 bits per heavy atom. The third-order valence-corrected chi connectivity index (χ3v) is 4.03. The Labute approximate surface area is 129 Å². The number of rotatable bonds is 9. The van der Waals surface area contributed by atoms with Crippen molar-refractivity contribution >= 4 is 11.6 Å². The SMILES string of the molecule is CCCc1ccccc1NC(=O)CCC(CCN)C(C)C. The van der Waals surface area contributed by atoms with E-state index in [1.165, 1.54) is 5.56 Å². The molecular weight excluding hydrogens is 260 g/mol. The van der Waals surface area contributed by atoms with Crippen LogP contribution in [0.5, 0.6) is 0 Å². The summed E-state index contributed by atoms with van der Waals surface area (Å²) in [5.41, 5.74) is 7.83. The van der Waals surface area contributed by atoms with Gasteiger partial charge < -0.3 is 11.1 Å². The second kappa shape index (κ2) is 9.56. The lowest BCUT2D eigenvalue weighted by Crippen LogP contribution is -2.19. The van der Waals surface area contributed by atoms with Crippen LogP contribution < -0.4 is 11.1 Å². The van der Waals surface area contributed by atoms with Crippen LogP contribution in [0.3, 0.4) is 0 Å². The molecule has 0 bridgehead atoms. The number of amides is 1. The second-order valence-electron chi connectivity index (χ2n) is 6.08. The average Bonchev–Trinajstić information content (AvgIpc) is 2.45. The number of nitrogens with two attached hydrogens (primary N) is 1. The molecule has 1 atom stereocenters. The van der Waals surface area contributed by atoms with Crippen molar-refractivity contribution in [3.63, 3.8) is 0 Å². The molecule has 0 aliphatic carbocycles. The largest absolute Gasteiger partial charge is 0.330 e. The molecule has 1 amide bonds. The summed E-state index contributed by atoms with van der Waals surface area (Å²) in [4.78, 5) is 12.2. The Bertz CT molecular complexity index is 429. The normalized spacial score (nSPS) is 12.4. The van der Waals surface area contributed by atoms with E-state index < -0.39 is 0 Å². The molecule has 0 spiro atoms. The Morgan fingerprint density at radius 3 is 2.57 bits per heavy atom. The summed E-state index contributed by atoms with van der Waals surface area (Å²) < 4.78 is 0. The molecule has 0 saturated carbocycles. The molecule has 3 N–H and O–H groups in total. The highest BCUT2D eigenvalue weighted by atomic mass is 16.1. The highest BCUT2D eigenvalue weighted by Crippen LogP contribution is 2.22. The molecule has 0 fully saturated rings. The van der Waals surface area contributed by atoms with E-state index in [1.54, 1.807) is 0 Å². The summed E-state index contributed by atoms with van der Waals surface area (Å²) in [5.74, 6) is 1.22.